The third-order valence-corrected chi connectivity index (χ3v) is 6.33. The van der Waals surface area contributed by atoms with Crippen LogP contribution < -0.4 is 21.7 Å². The molecular weight excluding hydrogens is 539 g/mol. The standard InChI is InChI=1S/C30H29FN8O3/c1-18(21-7-9-23(31)10-8-21)38-29(41)24-13-20(14-32)16-37-28(24)36-15-19-3-5-22(6-4-19)25-17-35-27(33)26(39-25)30(42)34-11-2-12-40/h3-10,13,16-18,40H,2,11-12,15H2,1H3,(H2,33,35)(H,34,42)(H,36,37)(H,38,41)/t18-/m0/s1. The molecule has 0 aliphatic rings. The van der Waals surface area contributed by atoms with Crippen LogP contribution in [0.4, 0.5) is 16.0 Å². The number of nitrogens with two attached hydrogens (primary N) is 1. The number of benzene rings is 2. The van der Waals surface area contributed by atoms with Crippen LogP contribution in [0.1, 0.15) is 56.9 Å². The second kappa shape index (κ2) is 13.8. The molecule has 2 aromatic heterocycles. The van der Waals surface area contributed by atoms with Gasteiger partial charge in [0, 0.05) is 31.5 Å². The molecule has 0 aliphatic carbocycles. The molecular formula is C30H29FN8O3. The molecule has 0 saturated carbocycles. The van der Waals surface area contributed by atoms with Crippen molar-refractivity contribution < 1.29 is 19.1 Å². The van der Waals surface area contributed by atoms with Crippen molar-refractivity contribution in [1.29, 1.82) is 5.26 Å². The Kier molecular flexibility index (Phi) is 9.70. The molecule has 0 spiro atoms. The van der Waals surface area contributed by atoms with Crippen molar-refractivity contribution in [1.82, 2.24) is 25.6 Å². The molecule has 12 heteroatoms. The number of aliphatic hydroxyl groups excluding tert-OH is 1. The number of pyridine rings is 1. The Hall–Kier alpha value is -5.41. The Labute approximate surface area is 241 Å². The van der Waals surface area contributed by atoms with Crippen LogP contribution in [0.5, 0.6) is 0 Å². The number of amides is 2. The molecule has 4 aromatic rings. The van der Waals surface area contributed by atoms with E-state index in [4.69, 9.17) is 10.8 Å². The zero-order valence-electron chi connectivity index (χ0n) is 22.8. The number of nitriles is 1. The summed E-state index contributed by atoms with van der Waals surface area (Å²) in [5, 5.41) is 26.9. The Morgan fingerprint density at radius 2 is 1.81 bits per heavy atom. The lowest BCUT2D eigenvalue weighted by atomic mass is 10.1. The smallest absolute Gasteiger partial charge is 0.273 e. The summed E-state index contributed by atoms with van der Waals surface area (Å²) in [6.07, 6.45) is 3.27. The number of hydrogen-bond donors (Lipinski definition) is 5. The molecule has 2 aromatic carbocycles. The molecule has 0 fully saturated rings. The van der Waals surface area contributed by atoms with Gasteiger partial charge in [0.15, 0.2) is 11.5 Å². The number of hydrogen-bond acceptors (Lipinski definition) is 9. The Balaban J connectivity index is 1.46. The monoisotopic (exact) mass is 568 g/mol. The molecule has 42 heavy (non-hydrogen) atoms. The topological polar surface area (TPSA) is 179 Å². The molecule has 1 atom stereocenters. The maximum Gasteiger partial charge on any atom is 0.273 e. The molecule has 6 N–H and O–H groups in total. The van der Waals surface area contributed by atoms with E-state index in [0.717, 1.165) is 11.1 Å². The minimum Gasteiger partial charge on any atom is -0.396 e. The molecule has 2 heterocycles. The molecule has 0 aliphatic heterocycles. The first-order chi connectivity index (χ1) is 20.3. The van der Waals surface area contributed by atoms with Gasteiger partial charge in [0.05, 0.1) is 29.1 Å². The average Bonchev–Trinajstić information content (AvgIpc) is 3.00. The predicted molar refractivity (Wildman–Crippen MR) is 154 cm³/mol. The first-order valence-corrected chi connectivity index (χ1v) is 13.1. The van der Waals surface area contributed by atoms with E-state index in [-0.39, 0.29) is 41.6 Å². The number of aliphatic hydroxyl groups is 1. The quantitative estimate of drug-likeness (QED) is 0.170. The molecule has 0 bridgehead atoms. The highest BCUT2D eigenvalue weighted by Crippen LogP contribution is 2.21. The van der Waals surface area contributed by atoms with Crippen molar-refractivity contribution in [2.45, 2.75) is 25.9 Å². The van der Waals surface area contributed by atoms with E-state index in [0.29, 0.717) is 30.0 Å². The van der Waals surface area contributed by atoms with Crippen molar-refractivity contribution in [3.05, 3.63) is 101 Å². The third-order valence-electron chi connectivity index (χ3n) is 6.33. The van der Waals surface area contributed by atoms with Crippen LogP contribution in [-0.4, -0.2) is 45.0 Å². The number of carbonyl (C=O) groups excluding carboxylic acids is 2. The number of carbonyl (C=O) groups is 2. The average molecular weight is 569 g/mol. The van der Waals surface area contributed by atoms with Crippen LogP contribution in [0, 0.1) is 17.1 Å². The maximum atomic E-state index is 13.3. The first kappa shape index (κ1) is 29.6. The van der Waals surface area contributed by atoms with E-state index in [1.54, 1.807) is 19.1 Å². The van der Waals surface area contributed by atoms with Crippen LogP contribution in [-0.2, 0) is 6.54 Å². The second-order valence-electron chi connectivity index (χ2n) is 9.35. The second-order valence-corrected chi connectivity index (χ2v) is 9.35. The van der Waals surface area contributed by atoms with Crippen molar-refractivity contribution in [3.63, 3.8) is 0 Å². The summed E-state index contributed by atoms with van der Waals surface area (Å²) < 4.78 is 13.3. The van der Waals surface area contributed by atoms with Crippen LogP contribution in [0.25, 0.3) is 11.3 Å². The Morgan fingerprint density at radius 1 is 1.07 bits per heavy atom. The van der Waals surface area contributed by atoms with Crippen LogP contribution in [0.2, 0.25) is 0 Å². The minimum absolute atomic E-state index is 0.00243. The lowest BCUT2D eigenvalue weighted by molar-refractivity contribution is 0.0934. The highest BCUT2D eigenvalue weighted by Gasteiger charge is 2.18. The maximum absolute atomic E-state index is 13.3. The van der Waals surface area contributed by atoms with Crippen molar-refractivity contribution >= 4 is 23.5 Å². The number of rotatable bonds is 11. The zero-order valence-corrected chi connectivity index (χ0v) is 22.8. The fraction of sp³-hybridized carbons (Fsp3) is 0.200. The van der Waals surface area contributed by atoms with Gasteiger partial charge in [0.25, 0.3) is 11.8 Å². The van der Waals surface area contributed by atoms with Gasteiger partial charge in [-0.25, -0.2) is 19.3 Å². The number of aromatic nitrogens is 3. The van der Waals surface area contributed by atoms with Gasteiger partial charge in [-0.15, -0.1) is 0 Å². The number of halogens is 1. The van der Waals surface area contributed by atoms with Gasteiger partial charge >= 0.3 is 0 Å². The third kappa shape index (κ3) is 7.41. The van der Waals surface area contributed by atoms with E-state index in [1.807, 2.05) is 30.3 Å². The first-order valence-electron chi connectivity index (χ1n) is 13.1. The summed E-state index contributed by atoms with van der Waals surface area (Å²) in [6.45, 7) is 2.33. The summed E-state index contributed by atoms with van der Waals surface area (Å²) in [5.41, 5.74) is 9.03. The Morgan fingerprint density at radius 3 is 2.50 bits per heavy atom. The summed E-state index contributed by atoms with van der Waals surface area (Å²) >= 11 is 0. The molecule has 214 valence electrons. The fourth-order valence-electron chi connectivity index (χ4n) is 4.00. The number of nitrogens with one attached hydrogen (secondary N) is 3. The molecule has 0 saturated heterocycles. The SMILES string of the molecule is C[C@H](NC(=O)c1cc(C#N)cnc1NCc1ccc(-c2cnc(N)c(C(=O)NCCCO)n2)cc1)c1ccc(F)cc1. The van der Waals surface area contributed by atoms with Gasteiger partial charge in [-0.2, -0.15) is 5.26 Å². The number of nitrogens with zero attached hydrogens (tertiary/aromatic N) is 4. The zero-order chi connectivity index (χ0) is 30.1. The molecule has 0 unspecified atom stereocenters. The predicted octanol–water partition coefficient (Wildman–Crippen LogP) is 3.35. The van der Waals surface area contributed by atoms with Gasteiger partial charge < -0.3 is 26.8 Å². The lowest BCUT2D eigenvalue weighted by Gasteiger charge is -2.16. The number of anilines is 2. The van der Waals surface area contributed by atoms with Crippen LogP contribution >= 0.6 is 0 Å². The summed E-state index contributed by atoms with van der Waals surface area (Å²) in [7, 11) is 0. The largest absolute Gasteiger partial charge is 0.396 e. The summed E-state index contributed by atoms with van der Waals surface area (Å²) in [4.78, 5) is 38.3. The van der Waals surface area contributed by atoms with Crippen molar-refractivity contribution in [2.75, 3.05) is 24.2 Å². The van der Waals surface area contributed by atoms with Gasteiger partial charge in [-0.1, -0.05) is 36.4 Å². The molecule has 2 amide bonds. The van der Waals surface area contributed by atoms with Crippen molar-refractivity contribution in [3.8, 4) is 17.3 Å². The van der Waals surface area contributed by atoms with Crippen LogP contribution in [0.3, 0.4) is 0 Å². The highest BCUT2D eigenvalue weighted by atomic mass is 19.1. The van der Waals surface area contributed by atoms with E-state index in [9.17, 15) is 19.2 Å². The van der Waals surface area contributed by atoms with Crippen LogP contribution in [0.15, 0.2) is 67.0 Å². The van der Waals surface area contributed by atoms with Gasteiger partial charge in [0.1, 0.15) is 17.7 Å². The summed E-state index contributed by atoms with van der Waals surface area (Å²) in [5.74, 6) is -0.983. The molecule has 0 radical (unpaired) electrons. The van der Waals surface area contributed by atoms with E-state index in [2.05, 4.69) is 30.9 Å². The molecule has 11 nitrogen and oxygen atoms in total. The summed E-state index contributed by atoms with van der Waals surface area (Å²) in [6, 6.07) is 16.2. The minimum atomic E-state index is -0.474. The van der Waals surface area contributed by atoms with Crippen molar-refractivity contribution in [2.24, 2.45) is 0 Å². The van der Waals surface area contributed by atoms with E-state index < -0.39 is 17.9 Å². The highest BCUT2D eigenvalue weighted by molar-refractivity contribution is 5.99. The van der Waals surface area contributed by atoms with Gasteiger partial charge in [-0.05, 0) is 42.7 Å². The normalized spacial score (nSPS) is 11.3. The lowest BCUT2D eigenvalue weighted by Crippen LogP contribution is -2.28. The number of nitrogen functional groups attached to an aromatic ring is 1. The Bertz CT molecular complexity index is 1600. The van der Waals surface area contributed by atoms with E-state index in [1.165, 1.54) is 30.6 Å². The fourth-order valence-corrected chi connectivity index (χ4v) is 4.00. The molecule has 4 rings (SSSR count). The van der Waals surface area contributed by atoms with Gasteiger partial charge in [-0.3, -0.25) is 9.59 Å². The van der Waals surface area contributed by atoms with Gasteiger partial charge in [0.2, 0.25) is 0 Å². The van der Waals surface area contributed by atoms with E-state index >= 15 is 0 Å².